The van der Waals surface area contributed by atoms with Crippen LogP contribution in [-0.2, 0) is 19.2 Å². The lowest BCUT2D eigenvalue weighted by atomic mass is 10.0. The van der Waals surface area contributed by atoms with Crippen LogP contribution < -0.4 is 5.32 Å². The number of imide groups is 2. The maximum absolute atomic E-state index is 11.7. The number of rotatable bonds is 6. The molecule has 9 nitrogen and oxygen atoms in total. The molecule has 0 spiro atoms. The van der Waals surface area contributed by atoms with E-state index in [-0.39, 0.29) is 12.3 Å². The summed E-state index contributed by atoms with van der Waals surface area (Å²) in [5.41, 5.74) is 0. The first-order valence-corrected chi connectivity index (χ1v) is 6.30. The van der Waals surface area contributed by atoms with Gasteiger partial charge in [0.05, 0.1) is 0 Å². The van der Waals surface area contributed by atoms with Crippen LogP contribution in [0.4, 0.5) is 4.79 Å². The summed E-state index contributed by atoms with van der Waals surface area (Å²) in [7, 11) is 1.12. The first kappa shape index (κ1) is 16.6. The van der Waals surface area contributed by atoms with E-state index in [9.17, 15) is 24.0 Å². The van der Waals surface area contributed by atoms with Gasteiger partial charge >= 0.3 is 23.8 Å². The first-order chi connectivity index (χ1) is 9.65. The molecule has 0 unspecified atom stereocenters. The molecule has 5 amide bonds. The van der Waals surface area contributed by atoms with Gasteiger partial charge in [0.2, 0.25) is 5.91 Å². The lowest BCUT2D eigenvalue weighted by molar-refractivity contribution is -0.144. The van der Waals surface area contributed by atoms with Crippen molar-refractivity contribution in [3.8, 4) is 0 Å². The van der Waals surface area contributed by atoms with Crippen molar-refractivity contribution in [3.05, 3.63) is 0 Å². The third kappa shape index (κ3) is 3.77. The molecule has 1 fully saturated rings. The SMILES string of the molecule is CC(C)C[C@H](NC(=O)CN1C(=O)C(=O)N(C)C1=O)C(=O)O. The number of hydrogen-bond donors (Lipinski definition) is 2. The molecule has 0 saturated carbocycles. The lowest BCUT2D eigenvalue weighted by Crippen LogP contribution is -2.47. The summed E-state index contributed by atoms with van der Waals surface area (Å²) >= 11 is 0. The second-order valence-corrected chi connectivity index (χ2v) is 5.13. The molecule has 0 aromatic heterocycles. The van der Waals surface area contributed by atoms with Crippen LogP contribution in [0, 0.1) is 5.92 Å². The van der Waals surface area contributed by atoms with Gasteiger partial charge in [0, 0.05) is 7.05 Å². The van der Waals surface area contributed by atoms with E-state index in [1.165, 1.54) is 0 Å². The minimum absolute atomic E-state index is 0.0363. The molecular formula is C12H17N3O6. The van der Waals surface area contributed by atoms with Crippen LogP contribution in [0.25, 0.3) is 0 Å². The van der Waals surface area contributed by atoms with Crippen molar-refractivity contribution in [1.82, 2.24) is 15.1 Å². The summed E-state index contributed by atoms with van der Waals surface area (Å²) in [6, 6.07) is -2.02. The molecule has 0 aliphatic carbocycles. The van der Waals surface area contributed by atoms with Crippen LogP contribution in [0.1, 0.15) is 20.3 Å². The van der Waals surface area contributed by atoms with Crippen molar-refractivity contribution in [2.24, 2.45) is 5.92 Å². The lowest BCUT2D eigenvalue weighted by Gasteiger charge is -2.18. The molecule has 9 heteroatoms. The summed E-state index contributed by atoms with van der Waals surface area (Å²) in [6.07, 6.45) is 0.210. The molecule has 0 aromatic carbocycles. The molecule has 1 heterocycles. The molecule has 2 N–H and O–H groups in total. The molecule has 0 radical (unpaired) electrons. The highest BCUT2D eigenvalue weighted by Crippen LogP contribution is 2.09. The summed E-state index contributed by atoms with van der Waals surface area (Å²) < 4.78 is 0. The van der Waals surface area contributed by atoms with Crippen molar-refractivity contribution in [1.29, 1.82) is 0 Å². The van der Waals surface area contributed by atoms with Crippen LogP contribution >= 0.6 is 0 Å². The number of nitrogens with one attached hydrogen (secondary N) is 1. The van der Waals surface area contributed by atoms with E-state index in [4.69, 9.17) is 5.11 Å². The fraction of sp³-hybridized carbons (Fsp3) is 0.583. The normalized spacial score (nSPS) is 16.7. The monoisotopic (exact) mass is 299 g/mol. The predicted octanol–water partition coefficient (Wildman–Crippen LogP) is -0.977. The van der Waals surface area contributed by atoms with Gasteiger partial charge in [0.25, 0.3) is 0 Å². The number of carbonyl (C=O) groups is 5. The van der Waals surface area contributed by atoms with Gasteiger partial charge in [-0.2, -0.15) is 0 Å². The Morgan fingerprint density at radius 3 is 2.14 bits per heavy atom. The van der Waals surface area contributed by atoms with Crippen molar-refractivity contribution in [2.75, 3.05) is 13.6 Å². The Kier molecular flexibility index (Phi) is 5.01. The van der Waals surface area contributed by atoms with Gasteiger partial charge in [-0.3, -0.25) is 19.3 Å². The van der Waals surface area contributed by atoms with Gasteiger partial charge in [-0.25, -0.2) is 14.5 Å². The van der Waals surface area contributed by atoms with Gasteiger partial charge in [0.15, 0.2) is 0 Å². The number of carboxylic acids is 1. The zero-order valence-corrected chi connectivity index (χ0v) is 12.0. The van der Waals surface area contributed by atoms with E-state index < -0.39 is 42.3 Å². The van der Waals surface area contributed by atoms with E-state index in [0.717, 1.165) is 7.05 Å². The highest BCUT2D eigenvalue weighted by molar-refractivity contribution is 6.44. The topological polar surface area (TPSA) is 124 Å². The van der Waals surface area contributed by atoms with Crippen LogP contribution in [0.3, 0.4) is 0 Å². The minimum Gasteiger partial charge on any atom is -0.480 e. The molecule has 1 atom stereocenters. The number of nitrogens with zero attached hydrogens (tertiary/aromatic N) is 2. The zero-order valence-electron chi connectivity index (χ0n) is 12.0. The molecule has 1 aliphatic heterocycles. The van der Waals surface area contributed by atoms with Gasteiger partial charge in [-0.1, -0.05) is 13.8 Å². The third-order valence-corrected chi connectivity index (χ3v) is 2.89. The Balaban J connectivity index is 2.69. The fourth-order valence-corrected chi connectivity index (χ4v) is 1.83. The Labute approximate surface area is 120 Å². The molecule has 116 valence electrons. The van der Waals surface area contributed by atoms with E-state index in [1.54, 1.807) is 13.8 Å². The number of carbonyl (C=O) groups excluding carboxylic acids is 4. The molecule has 1 saturated heterocycles. The average Bonchev–Trinajstić information content (AvgIpc) is 2.55. The van der Waals surface area contributed by atoms with Crippen LogP contribution in [-0.4, -0.2) is 64.3 Å². The Morgan fingerprint density at radius 2 is 1.76 bits per heavy atom. The molecule has 0 bridgehead atoms. The van der Waals surface area contributed by atoms with E-state index >= 15 is 0 Å². The van der Waals surface area contributed by atoms with Crippen molar-refractivity contribution in [2.45, 2.75) is 26.3 Å². The Morgan fingerprint density at radius 1 is 1.19 bits per heavy atom. The fourth-order valence-electron chi connectivity index (χ4n) is 1.83. The van der Waals surface area contributed by atoms with Gasteiger partial charge in [0.1, 0.15) is 12.6 Å². The summed E-state index contributed by atoms with van der Waals surface area (Å²) in [5.74, 6) is -4.11. The highest BCUT2D eigenvalue weighted by Gasteiger charge is 2.43. The zero-order chi connectivity index (χ0) is 16.3. The standard InChI is InChI=1S/C12H17N3O6/c1-6(2)4-7(11(19)20)13-8(16)5-15-10(18)9(17)14(3)12(15)21/h6-7H,4-5H2,1-3H3,(H,13,16)(H,19,20)/t7-/m0/s1. The molecule has 0 aromatic rings. The summed E-state index contributed by atoms with van der Waals surface area (Å²) in [5, 5.41) is 11.2. The number of aliphatic carboxylic acids is 1. The molecule has 1 aliphatic rings. The minimum atomic E-state index is -1.20. The highest BCUT2D eigenvalue weighted by atomic mass is 16.4. The largest absolute Gasteiger partial charge is 0.480 e. The third-order valence-electron chi connectivity index (χ3n) is 2.89. The number of urea groups is 1. The van der Waals surface area contributed by atoms with Crippen LogP contribution in [0.15, 0.2) is 0 Å². The van der Waals surface area contributed by atoms with Gasteiger partial charge in [-0.15, -0.1) is 0 Å². The van der Waals surface area contributed by atoms with E-state index in [2.05, 4.69) is 5.32 Å². The number of hydrogen-bond acceptors (Lipinski definition) is 5. The van der Waals surface area contributed by atoms with Crippen molar-refractivity contribution < 1.29 is 29.1 Å². The maximum atomic E-state index is 11.7. The first-order valence-electron chi connectivity index (χ1n) is 6.30. The molecule has 21 heavy (non-hydrogen) atoms. The van der Waals surface area contributed by atoms with Gasteiger partial charge < -0.3 is 10.4 Å². The van der Waals surface area contributed by atoms with E-state index in [0.29, 0.717) is 9.80 Å². The van der Waals surface area contributed by atoms with Gasteiger partial charge in [-0.05, 0) is 12.3 Å². The van der Waals surface area contributed by atoms with Crippen molar-refractivity contribution in [3.63, 3.8) is 0 Å². The van der Waals surface area contributed by atoms with Crippen LogP contribution in [0.5, 0.6) is 0 Å². The predicted molar refractivity (Wildman–Crippen MR) is 68.9 cm³/mol. The molecule has 1 rings (SSSR count). The van der Waals surface area contributed by atoms with E-state index in [1.807, 2.05) is 0 Å². The quantitative estimate of drug-likeness (QED) is 0.480. The second kappa shape index (κ2) is 6.33. The number of carboxylic acid groups (broad SMARTS) is 1. The molecular weight excluding hydrogens is 282 g/mol. The smallest absolute Gasteiger partial charge is 0.334 e. The summed E-state index contributed by atoms with van der Waals surface area (Å²) in [4.78, 5) is 58.2. The Bertz CT molecular complexity index is 501. The Hall–Kier alpha value is -2.45. The maximum Gasteiger partial charge on any atom is 0.334 e. The average molecular weight is 299 g/mol. The number of amides is 5. The number of likely N-dealkylation sites (N-methyl/N-ethyl adjacent to an activating group) is 1. The van der Waals surface area contributed by atoms with Crippen LogP contribution in [0.2, 0.25) is 0 Å². The summed E-state index contributed by atoms with van der Waals surface area (Å²) in [6.45, 7) is 2.90. The second-order valence-electron chi connectivity index (χ2n) is 5.13. The van der Waals surface area contributed by atoms with Crippen molar-refractivity contribution >= 4 is 29.7 Å².